The van der Waals surface area contributed by atoms with Crippen molar-refractivity contribution in [1.29, 1.82) is 0 Å². The highest BCUT2D eigenvalue weighted by molar-refractivity contribution is 6.06. The molecule has 2 aromatic carbocycles. The molecule has 0 bridgehead atoms. The van der Waals surface area contributed by atoms with Crippen LogP contribution in [0, 0.1) is 5.92 Å². The molecule has 1 aliphatic carbocycles. The van der Waals surface area contributed by atoms with Gasteiger partial charge in [0.1, 0.15) is 0 Å². The number of carbonyl (C=O) groups excluding carboxylic acids is 2. The van der Waals surface area contributed by atoms with E-state index in [1.54, 1.807) is 4.90 Å². The van der Waals surface area contributed by atoms with Crippen molar-refractivity contribution in [3.63, 3.8) is 0 Å². The molecule has 0 unspecified atom stereocenters. The zero-order valence-corrected chi connectivity index (χ0v) is 13.9. The SMILES string of the molecule is CCN(C(=O)c1ccc(CNC(=O)C2CC2)cc1)c1ccccc1. The molecular weight excluding hydrogens is 300 g/mol. The van der Waals surface area contributed by atoms with Gasteiger partial charge in [-0.05, 0) is 49.6 Å². The maximum Gasteiger partial charge on any atom is 0.258 e. The lowest BCUT2D eigenvalue weighted by atomic mass is 10.1. The van der Waals surface area contributed by atoms with Gasteiger partial charge in [-0.25, -0.2) is 0 Å². The third-order valence-corrected chi connectivity index (χ3v) is 4.25. The van der Waals surface area contributed by atoms with Crippen LogP contribution in [0.15, 0.2) is 54.6 Å². The van der Waals surface area contributed by atoms with Crippen molar-refractivity contribution >= 4 is 17.5 Å². The number of anilines is 1. The van der Waals surface area contributed by atoms with E-state index in [9.17, 15) is 9.59 Å². The van der Waals surface area contributed by atoms with E-state index in [4.69, 9.17) is 0 Å². The van der Waals surface area contributed by atoms with E-state index < -0.39 is 0 Å². The Bertz CT molecular complexity index is 706. The maximum absolute atomic E-state index is 12.7. The second-order valence-corrected chi connectivity index (χ2v) is 6.07. The average Bonchev–Trinajstić information content (AvgIpc) is 3.47. The smallest absolute Gasteiger partial charge is 0.258 e. The van der Waals surface area contributed by atoms with Crippen molar-refractivity contribution in [2.75, 3.05) is 11.4 Å². The van der Waals surface area contributed by atoms with Crippen LogP contribution in [0.2, 0.25) is 0 Å². The van der Waals surface area contributed by atoms with Crippen LogP contribution in [0.3, 0.4) is 0 Å². The minimum absolute atomic E-state index is 0.0164. The lowest BCUT2D eigenvalue weighted by Gasteiger charge is -2.21. The molecule has 1 N–H and O–H groups in total. The number of rotatable bonds is 6. The molecule has 0 heterocycles. The van der Waals surface area contributed by atoms with Gasteiger partial charge in [-0.15, -0.1) is 0 Å². The van der Waals surface area contributed by atoms with Gasteiger partial charge in [0, 0.05) is 30.3 Å². The number of carbonyl (C=O) groups is 2. The van der Waals surface area contributed by atoms with Gasteiger partial charge in [0.25, 0.3) is 5.91 Å². The van der Waals surface area contributed by atoms with E-state index in [-0.39, 0.29) is 17.7 Å². The van der Waals surface area contributed by atoms with E-state index in [0.717, 1.165) is 24.1 Å². The molecular formula is C20H22N2O2. The van der Waals surface area contributed by atoms with Crippen LogP contribution in [0.4, 0.5) is 5.69 Å². The van der Waals surface area contributed by atoms with Crippen LogP contribution in [0.5, 0.6) is 0 Å². The van der Waals surface area contributed by atoms with Gasteiger partial charge >= 0.3 is 0 Å². The number of hydrogen-bond donors (Lipinski definition) is 1. The number of para-hydroxylation sites is 1. The summed E-state index contributed by atoms with van der Waals surface area (Å²) in [5, 5.41) is 2.94. The Balaban J connectivity index is 1.65. The molecule has 0 spiro atoms. The number of hydrogen-bond acceptors (Lipinski definition) is 2. The first kappa shape index (κ1) is 16.2. The molecule has 4 nitrogen and oxygen atoms in total. The molecule has 1 aliphatic rings. The molecule has 24 heavy (non-hydrogen) atoms. The van der Waals surface area contributed by atoms with Gasteiger partial charge < -0.3 is 10.2 Å². The predicted octanol–water partition coefficient (Wildman–Crippen LogP) is 3.38. The maximum atomic E-state index is 12.7. The summed E-state index contributed by atoms with van der Waals surface area (Å²) in [4.78, 5) is 26.1. The second-order valence-electron chi connectivity index (χ2n) is 6.07. The molecule has 2 amide bonds. The van der Waals surface area contributed by atoms with Crippen LogP contribution < -0.4 is 10.2 Å². The Morgan fingerprint density at radius 3 is 2.29 bits per heavy atom. The lowest BCUT2D eigenvalue weighted by Crippen LogP contribution is -2.30. The van der Waals surface area contributed by atoms with Crippen molar-refractivity contribution in [2.24, 2.45) is 5.92 Å². The van der Waals surface area contributed by atoms with E-state index in [2.05, 4.69) is 5.32 Å². The number of nitrogens with one attached hydrogen (secondary N) is 1. The topological polar surface area (TPSA) is 49.4 Å². The van der Waals surface area contributed by atoms with E-state index in [1.165, 1.54) is 0 Å². The zero-order valence-electron chi connectivity index (χ0n) is 13.9. The summed E-state index contributed by atoms with van der Waals surface area (Å²) in [6, 6.07) is 17.1. The standard InChI is InChI=1S/C20H22N2O2/c1-2-22(18-6-4-3-5-7-18)20(24)17-10-8-15(9-11-17)14-21-19(23)16-12-13-16/h3-11,16H,2,12-14H2,1H3,(H,21,23). The monoisotopic (exact) mass is 322 g/mol. The predicted molar refractivity (Wildman–Crippen MR) is 94.8 cm³/mol. The van der Waals surface area contributed by atoms with Gasteiger partial charge in [0.15, 0.2) is 0 Å². The first-order valence-corrected chi connectivity index (χ1v) is 8.42. The summed E-state index contributed by atoms with van der Waals surface area (Å²) in [7, 11) is 0. The van der Waals surface area contributed by atoms with Crippen LogP contribution in [-0.2, 0) is 11.3 Å². The Labute approximate surface area is 142 Å². The van der Waals surface area contributed by atoms with Crippen molar-refractivity contribution in [3.05, 3.63) is 65.7 Å². The minimum Gasteiger partial charge on any atom is -0.352 e. The van der Waals surface area contributed by atoms with Gasteiger partial charge in [0.05, 0.1) is 0 Å². The molecule has 1 saturated carbocycles. The fourth-order valence-corrected chi connectivity index (χ4v) is 2.65. The molecule has 0 saturated heterocycles. The Kier molecular flexibility index (Phi) is 4.94. The van der Waals surface area contributed by atoms with Crippen molar-refractivity contribution in [3.8, 4) is 0 Å². The molecule has 2 aromatic rings. The molecule has 4 heteroatoms. The Hall–Kier alpha value is -2.62. The van der Waals surface area contributed by atoms with Gasteiger partial charge in [-0.1, -0.05) is 30.3 Å². The highest BCUT2D eigenvalue weighted by Crippen LogP contribution is 2.28. The third-order valence-electron chi connectivity index (χ3n) is 4.25. The highest BCUT2D eigenvalue weighted by Gasteiger charge is 2.29. The second kappa shape index (κ2) is 7.30. The first-order chi connectivity index (χ1) is 11.7. The Morgan fingerprint density at radius 2 is 1.71 bits per heavy atom. The molecule has 3 rings (SSSR count). The van der Waals surface area contributed by atoms with Crippen molar-refractivity contribution in [1.82, 2.24) is 5.32 Å². The first-order valence-electron chi connectivity index (χ1n) is 8.42. The van der Waals surface area contributed by atoms with Crippen molar-refractivity contribution in [2.45, 2.75) is 26.3 Å². The number of benzene rings is 2. The van der Waals surface area contributed by atoms with Crippen LogP contribution in [-0.4, -0.2) is 18.4 Å². The Morgan fingerprint density at radius 1 is 1.04 bits per heavy atom. The van der Waals surface area contributed by atoms with Gasteiger partial charge in [-0.2, -0.15) is 0 Å². The lowest BCUT2D eigenvalue weighted by molar-refractivity contribution is -0.122. The summed E-state index contributed by atoms with van der Waals surface area (Å²) in [6.45, 7) is 3.09. The van der Waals surface area contributed by atoms with Crippen LogP contribution in [0.25, 0.3) is 0 Å². The minimum atomic E-state index is -0.0164. The number of nitrogens with zero attached hydrogens (tertiary/aromatic N) is 1. The zero-order chi connectivity index (χ0) is 16.9. The van der Waals surface area contributed by atoms with Gasteiger partial charge in [-0.3, -0.25) is 9.59 Å². The third kappa shape index (κ3) is 3.82. The molecule has 0 aromatic heterocycles. The fourth-order valence-electron chi connectivity index (χ4n) is 2.65. The largest absolute Gasteiger partial charge is 0.352 e. The fraction of sp³-hybridized carbons (Fsp3) is 0.300. The summed E-state index contributed by atoms with van der Waals surface area (Å²) in [5.74, 6) is 0.337. The van der Waals surface area contributed by atoms with Gasteiger partial charge in [0.2, 0.25) is 5.91 Å². The molecule has 1 fully saturated rings. The van der Waals surface area contributed by atoms with Crippen molar-refractivity contribution < 1.29 is 9.59 Å². The highest BCUT2D eigenvalue weighted by atomic mass is 16.2. The molecule has 0 atom stereocenters. The molecule has 0 aliphatic heterocycles. The molecule has 124 valence electrons. The van der Waals surface area contributed by atoms with E-state index in [0.29, 0.717) is 18.7 Å². The summed E-state index contributed by atoms with van der Waals surface area (Å²) in [5.41, 5.74) is 2.55. The summed E-state index contributed by atoms with van der Waals surface area (Å²) >= 11 is 0. The van der Waals surface area contributed by atoms with E-state index in [1.807, 2.05) is 61.5 Å². The quantitative estimate of drug-likeness (QED) is 0.886. The summed E-state index contributed by atoms with van der Waals surface area (Å²) in [6.07, 6.45) is 2.01. The molecule has 0 radical (unpaired) electrons. The average molecular weight is 322 g/mol. The van der Waals surface area contributed by atoms with Crippen LogP contribution >= 0.6 is 0 Å². The van der Waals surface area contributed by atoms with Crippen LogP contribution in [0.1, 0.15) is 35.7 Å². The normalized spacial score (nSPS) is 13.4. The number of amides is 2. The van der Waals surface area contributed by atoms with E-state index >= 15 is 0 Å². The summed E-state index contributed by atoms with van der Waals surface area (Å²) < 4.78 is 0.